The van der Waals surface area contributed by atoms with E-state index in [-0.39, 0.29) is 36.2 Å². The molecular weight excluding hydrogens is 510 g/mol. The number of ether oxygens (including phenoxy) is 2. The monoisotopic (exact) mass is 547 g/mol. The summed E-state index contributed by atoms with van der Waals surface area (Å²) in [6, 6.07) is 9.79. The molecule has 10 nitrogen and oxygen atoms in total. The number of ketones is 2. The summed E-state index contributed by atoms with van der Waals surface area (Å²) in [6.45, 7) is 4.16. The maximum Gasteiger partial charge on any atom is 0.350 e. The predicted molar refractivity (Wildman–Crippen MR) is 152 cm³/mol. The number of nitrogens with one attached hydrogen (secondary N) is 1. The molecule has 4 rings (SSSR count). The molecule has 1 saturated heterocycles. The molecular formula is C30H37N5O5. The van der Waals surface area contributed by atoms with Crippen molar-refractivity contribution in [3.8, 4) is 0 Å². The van der Waals surface area contributed by atoms with Gasteiger partial charge in [-0.05, 0) is 37.5 Å². The smallest absolute Gasteiger partial charge is 0.350 e. The summed E-state index contributed by atoms with van der Waals surface area (Å²) in [4.78, 5) is 48.8. The highest BCUT2D eigenvalue weighted by Crippen LogP contribution is 2.58. The summed E-state index contributed by atoms with van der Waals surface area (Å²) in [5.41, 5.74) is 10.4. The molecule has 0 saturated carbocycles. The molecule has 5 N–H and O–H groups in total. The summed E-state index contributed by atoms with van der Waals surface area (Å²) < 4.78 is 11.5. The van der Waals surface area contributed by atoms with E-state index in [4.69, 9.17) is 20.9 Å². The van der Waals surface area contributed by atoms with Crippen LogP contribution in [-0.4, -0.2) is 53.3 Å². The van der Waals surface area contributed by atoms with Crippen LogP contribution < -0.4 is 16.8 Å². The molecule has 3 unspecified atom stereocenters. The topological polar surface area (TPSA) is 162 Å². The van der Waals surface area contributed by atoms with Gasteiger partial charge >= 0.3 is 5.97 Å². The Labute approximate surface area is 234 Å². The third kappa shape index (κ3) is 5.36. The molecule has 0 spiro atoms. The SMILES string of the molecule is CCCCCCOC(=O)C12OC1(CC=C(C)CC(NC(N)=NC)c1ccnc(N)c1)C(=O)c1ccccc1C2=O. The van der Waals surface area contributed by atoms with Crippen molar-refractivity contribution in [1.29, 1.82) is 0 Å². The summed E-state index contributed by atoms with van der Waals surface area (Å²) in [5.74, 6) is -1.12. The molecule has 10 heteroatoms. The number of hydrogen-bond donors (Lipinski definition) is 3. The van der Waals surface area contributed by atoms with Crippen molar-refractivity contribution < 1.29 is 23.9 Å². The second-order valence-electron chi connectivity index (χ2n) is 10.3. The van der Waals surface area contributed by atoms with Crippen LogP contribution in [0.4, 0.5) is 5.82 Å². The summed E-state index contributed by atoms with van der Waals surface area (Å²) in [5, 5.41) is 3.17. The normalized spacial score (nSPS) is 22.8. The first-order chi connectivity index (χ1) is 19.2. The first kappa shape index (κ1) is 28.9. The summed E-state index contributed by atoms with van der Waals surface area (Å²) in [6.07, 6.45) is 7.60. The number of nitrogens with zero attached hydrogens (tertiary/aromatic N) is 2. The molecule has 212 valence electrons. The minimum Gasteiger partial charge on any atom is -0.463 e. The largest absolute Gasteiger partial charge is 0.463 e. The van der Waals surface area contributed by atoms with Gasteiger partial charge in [-0.25, -0.2) is 9.78 Å². The Bertz CT molecular complexity index is 1360. The van der Waals surface area contributed by atoms with Crippen LogP contribution in [0.5, 0.6) is 0 Å². The van der Waals surface area contributed by atoms with E-state index in [9.17, 15) is 14.4 Å². The Morgan fingerprint density at radius 3 is 2.58 bits per heavy atom. The number of aromatic nitrogens is 1. The summed E-state index contributed by atoms with van der Waals surface area (Å²) >= 11 is 0. The van der Waals surface area contributed by atoms with Gasteiger partial charge in [-0.3, -0.25) is 14.6 Å². The van der Waals surface area contributed by atoms with Crippen molar-refractivity contribution in [1.82, 2.24) is 10.3 Å². The molecule has 0 amide bonds. The number of esters is 1. The lowest BCUT2D eigenvalue weighted by Gasteiger charge is -2.24. The minimum atomic E-state index is -1.98. The highest BCUT2D eigenvalue weighted by molar-refractivity contribution is 6.32. The number of anilines is 1. The van der Waals surface area contributed by atoms with Crippen LogP contribution in [0.3, 0.4) is 0 Å². The van der Waals surface area contributed by atoms with Crippen LogP contribution in [0.2, 0.25) is 0 Å². The number of carbonyl (C=O) groups is 3. The average Bonchev–Trinajstić information content (AvgIpc) is 3.66. The zero-order chi connectivity index (χ0) is 28.9. The van der Waals surface area contributed by atoms with Crippen LogP contribution in [0, 0.1) is 0 Å². The lowest BCUT2D eigenvalue weighted by Crippen LogP contribution is -2.50. The number of nitrogen functional groups attached to an aromatic ring is 1. The maximum absolute atomic E-state index is 13.7. The average molecular weight is 548 g/mol. The van der Waals surface area contributed by atoms with E-state index < -0.39 is 28.7 Å². The Morgan fingerprint density at radius 2 is 1.90 bits per heavy atom. The standard InChI is InChI=1S/C30H37N5O5/c1-4-5-6-9-16-39-27(38)30-26(37)22-11-8-7-10-21(22)25(36)29(30,40-30)14-12-19(2)17-23(35-28(32)33-3)20-13-15-34-24(31)18-20/h7-8,10-13,15,18,23H,4-6,9,14,16-17H2,1-3H3,(H2,31,34)(H3,32,33,35). The molecule has 2 aliphatic rings. The van der Waals surface area contributed by atoms with Crippen LogP contribution in [0.15, 0.2) is 59.2 Å². The molecule has 1 aromatic heterocycles. The van der Waals surface area contributed by atoms with Gasteiger partial charge in [0.15, 0.2) is 17.3 Å². The number of fused-ring (bicyclic) bond motifs is 2. The number of epoxide rings is 1. The number of Topliss-reactive ketones (excluding diaryl/α,β-unsaturated/α-hetero) is 2. The molecule has 2 aromatic rings. The number of guanidine groups is 1. The van der Waals surface area contributed by atoms with E-state index in [1.807, 2.05) is 19.1 Å². The molecule has 40 heavy (non-hydrogen) atoms. The quantitative estimate of drug-likeness (QED) is 0.0684. The van der Waals surface area contributed by atoms with Crippen LogP contribution in [0.25, 0.3) is 0 Å². The van der Waals surface area contributed by atoms with E-state index >= 15 is 0 Å². The van der Waals surface area contributed by atoms with Crippen molar-refractivity contribution in [2.75, 3.05) is 19.4 Å². The van der Waals surface area contributed by atoms with Crippen LogP contribution in [-0.2, 0) is 14.3 Å². The van der Waals surface area contributed by atoms with Crippen LogP contribution >= 0.6 is 0 Å². The van der Waals surface area contributed by atoms with Gasteiger partial charge in [-0.1, -0.05) is 62.1 Å². The summed E-state index contributed by atoms with van der Waals surface area (Å²) in [7, 11) is 1.58. The fourth-order valence-corrected chi connectivity index (χ4v) is 5.23. The highest BCUT2D eigenvalue weighted by atomic mass is 16.7. The molecule has 0 radical (unpaired) electrons. The molecule has 0 bridgehead atoms. The lowest BCUT2D eigenvalue weighted by molar-refractivity contribution is -0.148. The Morgan fingerprint density at radius 1 is 1.18 bits per heavy atom. The number of carbonyl (C=O) groups excluding carboxylic acids is 3. The Hall–Kier alpha value is -4.05. The number of unbranched alkanes of at least 4 members (excludes halogenated alkanes) is 3. The van der Waals surface area contributed by atoms with Gasteiger partial charge in [0.2, 0.25) is 5.78 Å². The van der Waals surface area contributed by atoms with E-state index in [0.717, 1.165) is 30.4 Å². The number of rotatable bonds is 12. The molecule has 1 aromatic carbocycles. The van der Waals surface area contributed by atoms with Gasteiger partial charge in [0, 0.05) is 30.8 Å². The first-order valence-electron chi connectivity index (χ1n) is 13.6. The van der Waals surface area contributed by atoms with Gasteiger partial charge in [-0.15, -0.1) is 0 Å². The van der Waals surface area contributed by atoms with E-state index in [1.165, 1.54) is 0 Å². The van der Waals surface area contributed by atoms with Crippen molar-refractivity contribution in [2.45, 2.75) is 69.6 Å². The van der Waals surface area contributed by atoms with Crippen molar-refractivity contribution in [2.24, 2.45) is 10.7 Å². The molecule has 1 aliphatic heterocycles. The van der Waals surface area contributed by atoms with Crippen molar-refractivity contribution in [3.63, 3.8) is 0 Å². The van der Waals surface area contributed by atoms with Gasteiger partial charge in [0.1, 0.15) is 5.82 Å². The molecule has 3 atom stereocenters. The maximum atomic E-state index is 13.7. The minimum absolute atomic E-state index is 0.0330. The zero-order valence-corrected chi connectivity index (χ0v) is 23.2. The second-order valence-corrected chi connectivity index (χ2v) is 10.3. The van der Waals surface area contributed by atoms with E-state index in [2.05, 4.69) is 22.2 Å². The highest BCUT2D eigenvalue weighted by Gasteiger charge is 2.85. The molecule has 1 fully saturated rings. The fraction of sp³-hybridized carbons (Fsp3) is 0.433. The van der Waals surface area contributed by atoms with E-state index in [0.29, 0.717) is 18.7 Å². The van der Waals surface area contributed by atoms with Crippen LogP contribution in [0.1, 0.15) is 84.7 Å². The second kappa shape index (κ2) is 12.0. The van der Waals surface area contributed by atoms with Gasteiger partial charge in [0.25, 0.3) is 5.60 Å². The lowest BCUT2D eigenvalue weighted by atomic mass is 9.72. The first-order valence-corrected chi connectivity index (χ1v) is 13.6. The van der Waals surface area contributed by atoms with Crippen molar-refractivity contribution in [3.05, 3.63) is 70.9 Å². The third-order valence-electron chi connectivity index (χ3n) is 7.51. The Balaban J connectivity index is 1.59. The Kier molecular flexibility index (Phi) is 8.68. The fourth-order valence-electron chi connectivity index (χ4n) is 5.23. The van der Waals surface area contributed by atoms with Gasteiger partial charge in [0.05, 0.1) is 12.6 Å². The van der Waals surface area contributed by atoms with E-state index in [1.54, 1.807) is 43.6 Å². The number of benzene rings is 1. The van der Waals surface area contributed by atoms with Crippen molar-refractivity contribution >= 4 is 29.3 Å². The van der Waals surface area contributed by atoms with Gasteiger partial charge < -0.3 is 26.3 Å². The zero-order valence-electron chi connectivity index (χ0n) is 23.2. The molecule has 1 aliphatic carbocycles. The molecule has 2 heterocycles. The number of aliphatic imine (C=N–C) groups is 1. The van der Waals surface area contributed by atoms with Gasteiger partial charge in [-0.2, -0.15) is 0 Å². The third-order valence-corrected chi connectivity index (χ3v) is 7.51. The number of hydrogen-bond acceptors (Lipinski definition) is 8. The predicted octanol–water partition coefficient (Wildman–Crippen LogP) is 3.68. The number of pyridine rings is 1. The number of nitrogens with two attached hydrogens (primary N) is 2.